The van der Waals surface area contributed by atoms with Crippen LogP contribution in [-0.4, -0.2) is 60.0 Å². The van der Waals surface area contributed by atoms with Crippen LogP contribution in [0, 0.1) is 0 Å². The molecule has 0 spiro atoms. The van der Waals surface area contributed by atoms with Crippen LogP contribution < -0.4 is 4.74 Å². The largest absolute Gasteiger partial charge is 0.489 e. The molecule has 182 valence electrons. The molecule has 33 heavy (non-hydrogen) atoms. The van der Waals surface area contributed by atoms with Crippen LogP contribution in [0.3, 0.4) is 0 Å². The van der Waals surface area contributed by atoms with Gasteiger partial charge in [-0.3, -0.25) is 4.79 Å². The molecule has 0 atom stereocenters. The van der Waals surface area contributed by atoms with Crippen LogP contribution in [0.4, 0.5) is 8.78 Å². The molecule has 0 aliphatic carbocycles. The fraction of sp³-hybridized carbons (Fsp3) is 0.640. The van der Waals surface area contributed by atoms with Crippen molar-refractivity contribution < 1.29 is 22.7 Å². The van der Waals surface area contributed by atoms with Crippen molar-refractivity contribution in [2.24, 2.45) is 0 Å². The van der Waals surface area contributed by atoms with Gasteiger partial charge in [0.15, 0.2) is 5.76 Å². The number of nitrogens with zero attached hydrogens (tertiary/aromatic N) is 2. The van der Waals surface area contributed by atoms with E-state index in [1.54, 1.807) is 12.1 Å². The number of carbonyl (C=O) groups excluding carboxylic acids is 1. The first kappa shape index (κ1) is 24.3. The predicted molar refractivity (Wildman–Crippen MR) is 126 cm³/mol. The van der Waals surface area contributed by atoms with Gasteiger partial charge >= 0.3 is 0 Å². The SMILES string of the molecule is CC(C)c1c(C(=O)N2CCC(F)(F)CC2)oc2cc(OC3CCN(C(C)C)CC3)c(Cl)cc12. The second-order valence-electron chi connectivity index (χ2n) is 9.87. The Hall–Kier alpha value is -1.86. The highest BCUT2D eigenvalue weighted by molar-refractivity contribution is 6.33. The Labute approximate surface area is 199 Å². The summed E-state index contributed by atoms with van der Waals surface area (Å²) in [6, 6.07) is 4.08. The lowest BCUT2D eigenvalue weighted by Crippen LogP contribution is -2.42. The highest BCUT2D eigenvalue weighted by atomic mass is 35.5. The number of fused-ring (bicyclic) bond motifs is 1. The number of halogens is 3. The standard InChI is InChI=1S/C25H33ClF2N2O3/c1-15(2)22-18-13-19(26)21(32-17-5-9-29(10-6-17)16(3)4)14-20(18)33-23(22)24(31)30-11-7-25(27,28)8-12-30/h13-17H,5-12H2,1-4H3. The van der Waals surface area contributed by atoms with Gasteiger partial charge in [0, 0.05) is 62.1 Å². The van der Waals surface area contributed by atoms with Gasteiger partial charge in [0.1, 0.15) is 17.4 Å². The maximum absolute atomic E-state index is 13.6. The van der Waals surface area contributed by atoms with Crippen molar-refractivity contribution >= 4 is 28.5 Å². The number of furan rings is 1. The summed E-state index contributed by atoms with van der Waals surface area (Å²) in [5.74, 6) is -2.29. The zero-order chi connectivity index (χ0) is 23.9. The third-order valence-electron chi connectivity index (χ3n) is 6.84. The summed E-state index contributed by atoms with van der Waals surface area (Å²) >= 11 is 6.59. The van der Waals surface area contributed by atoms with Crippen molar-refractivity contribution in [1.82, 2.24) is 9.80 Å². The van der Waals surface area contributed by atoms with E-state index in [9.17, 15) is 13.6 Å². The molecule has 1 aromatic carbocycles. The monoisotopic (exact) mass is 482 g/mol. The van der Waals surface area contributed by atoms with E-state index in [0.29, 0.717) is 22.4 Å². The van der Waals surface area contributed by atoms with Crippen LogP contribution in [0.15, 0.2) is 16.5 Å². The van der Waals surface area contributed by atoms with E-state index in [1.165, 1.54) is 4.90 Å². The lowest BCUT2D eigenvalue weighted by molar-refractivity contribution is -0.0498. The Kier molecular flexibility index (Phi) is 6.92. The van der Waals surface area contributed by atoms with E-state index in [4.69, 9.17) is 20.8 Å². The molecule has 8 heteroatoms. The number of alkyl halides is 2. The summed E-state index contributed by atoms with van der Waals surface area (Å²) < 4.78 is 39.4. The number of rotatable bonds is 5. The van der Waals surface area contributed by atoms with Crippen LogP contribution >= 0.6 is 11.6 Å². The summed E-state index contributed by atoms with van der Waals surface area (Å²) in [5.41, 5.74) is 1.29. The second kappa shape index (κ2) is 9.41. The molecule has 2 aromatic rings. The number of hydrogen-bond acceptors (Lipinski definition) is 4. The van der Waals surface area contributed by atoms with Crippen LogP contribution in [0.25, 0.3) is 11.0 Å². The molecule has 2 aliphatic rings. The predicted octanol–water partition coefficient (Wildman–Crippen LogP) is 6.33. The lowest BCUT2D eigenvalue weighted by atomic mass is 9.98. The molecule has 2 aliphatic heterocycles. The minimum absolute atomic E-state index is 0.000345. The van der Waals surface area contributed by atoms with Gasteiger partial charge in [-0.25, -0.2) is 8.78 Å². The van der Waals surface area contributed by atoms with Crippen LogP contribution in [0.1, 0.15) is 75.4 Å². The van der Waals surface area contributed by atoms with Gasteiger partial charge < -0.3 is 19.0 Å². The molecule has 2 saturated heterocycles. The summed E-state index contributed by atoms with van der Waals surface area (Å²) in [5, 5.41) is 1.25. The molecule has 0 bridgehead atoms. The Bertz CT molecular complexity index is 1000. The molecule has 4 rings (SSSR count). The van der Waals surface area contributed by atoms with Gasteiger partial charge in [-0.05, 0) is 38.7 Å². The minimum Gasteiger partial charge on any atom is -0.489 e. The third-order valence-corrected chi connectivity index (χ3v) is 7.13. The molecular weight excluding hydrogens is 450 g/mol. The smallest absolute Gasteiger partial charge is 0.289 e. The number of hydrogen-bond donors (Lipinski definition) is 0. The van der Waals surface area contributed by atoms with Gasteiger partial charge in [-0.15, -0.1) is 0 Å². The van der Waals surface area contributed by atoms with Crippen molar-refractivity contribution in [2.75, 3.05) is 26.2 Å². The summed E-state index contributed by atoms with van der Waals surface area (Å²) in [6.07, 6.45) is 1.27. The first-order valence-electron chi connectivity index (χ1n) is 11.9. The molecule has 0 radical (unpaired) electrons. The number of benzene rings is 1. The molecule has 3 heterocycles. The summed E-state index contributed by atoms with van der Waals surface area (Å²) in [7, 11) is 0. The first-order chi connectivity index (χ1) is 15.6. The summed E-state index contributed by atoms with van der Waals surface area (Å²) in [4.78, 5) is 17.1. The topological polar surface area (TPSA) is 45.9 Å². The van der Waals surface area contributed by atoms with Crippen LogP contribution in [0.5, 0.6) is 5.75 Å². The third kappa shape index (κ3) is 5.14. The fourth-order valence-electron chi connectivity index (χ4n) is 4.81. The van der Waals surface area contributed by atoms with Crippen LogP contribution in [0.2, 0.25) is 5.02 Å². The number of ether oxygens (including phenoxy) is 1. The maximum atomic E-state index is 13.6. The first-order valence-corrected chi connectivity index (χ1v) is 12.3. The zero-order valence-electron chi connectivity index (χ0n) is 19.8. The normalized spacial score (nSPS) is 20.2. The molecule has 1 amide bonds. The Balaban J connectivity index is 1.58. The number of amides is 1. The second-order valence-corrected chi connectivity index (χ2v) is 10.3. The van der Waals surface area contributed by atoms with Crippen molar-refractivity contribution in [2.45, 2.75) is 77.4 Å². The van der Waals surface area contributed by atoms with Crippen molar-refractivity contribution in [3.05, 3.63) is 28.5 Å². The highest BCUT2D eigenvalue weighted by Gasteiger charge is 2.37. The van der Waals surface area contributed by atoms with Gasteiger partial charge in [-0.1, -0.05) is 25.4 Å². The Morgan fingerprint density at radius 1 is 1.12 bits per heavy atom. The average molecular weight is 483 g/mol. The molecule has 1 aromatic heterocycles. The van der Waals surface area contributed by atoms with E-state index in [2.05, 4.69) is 18.7 Å². The lowest BCUT2D eigenvalue weighted by Gasteiger charge is -2.34. The number of piperidine rings is 2. The van der Waals surface area contributed by atoms with E-state index in [0.717, 1.165) is 36.9 Å². The van der Waals surface area contributed by atoms with Crippen molar-refractivity contribution in [3.63, 3.8) is 0 Å². The van der Waals surface area contributed by atoms with Gasteiger partial charge in [0.2, 0.25) is 0 Å². The minimum atomic E-state index is -2.71. The van der Waals surface area contributed by atoms with Gasteiger partial charge in [0.05, 0.1) is 5.02 Å². The highest BCUT2D eigenvalue weighted by Crippen LogP contribution is 2.39. The average Bonchev–Trinajstić information content (AvgIpc) is 3.12. The molecule has 0 saturated carbocycles. The van der Waals surface area contributed by atoms with Crippen molar-refractivity contribution in [1.29, 1.82) is 0 Å². The van der Waals surface area contributed by atoms with Crippen LogP contribution in [-0.2, 0) is 0 Å². The molecule has 5 nitrogen and oxygen atoms in total. The number of carbonyl (C=O) groups is 1. The van der Waals surface area contributed by atoms with E-state index >= 15 is 0 Å². The molecule has 0 unspecified atom stereocenters. The fourth-order valence-corrected chi connectivity index (χ4v) is 5.02. The Morgan fingerprint density at radius 3 is 2.33 bits per heavy atom. The Morgan fingerprint density at radius 2 is 1.76 bits per heavy atom. The number of likely N-dealkylation sites (tertiary alicyclic amines) is 2. The van der Waals surface area contributed by atoms with Gasteiger partial charge in [-0.2, -0.15) is 0 Å². The quantitative estimate of drug-likeness (QED) is 0.499. The van der Waals surface area contributed by atoms with Crippen molar-refractivity contribution in [3.8, 4) is 5.75 Å². The summed E-state index contributed by atoms with van der Waals surface area (Å²) in [6.45, 7) is 10.3. The van der Waals surface area contributed by atoms with E-state index in [-0.39, 0.29) is 49.6 Å². The zero-order valence-corrected chi connectivity index (χ0v) is 20.6. The van der Waals surface area contributed by atoms with E-state index in [1.807, 2.05) is 13.8 Å². The molecule has 0 N–H and O–H groups in total. The van der Waals surface area contributed by atoms with E-state index < -0.39 is 5.92 Å². The maximum Gasteiger partial charge on any atom is 0.289 e. The molecule has 2 fully saturated rings. The molecular formula is C25H33ClF2N2O3. The van der Waals surface area contributed by atoms with Gasteiger partial charge in [0.25, 0.3) is 11.8 Å².